The van der Waals surface area contributed by atoms with Crippen LogP contribution in [0.4, 0.5) is 0 Å². The van der Waals surface area contributed by atoms with Crippen molar-refractivity contribution < 1.29 is 8.42 Å². The fourth-order valence-electron chi connectivity index (χ4n) is 1.56. The highest BCUT2D eigenvalue weighted by atomic mass is 35.7. The van der Waals surface area contributed by atoms with Crippen molar-refractivity contribution in [2.45, 2.75) is 12.1 Å². The minimum atomic E-state index is -3.92. The monoisotopic (exact) mass is 305 g/mol. The first-order chi connectivity index (χ1) is 8.30. The van der Waals surface area contributed by atoms with Crippen LogP contribution in [-0.2, 0) is 16.1 Å². The zero-order valence-electron chi connectivity index (χ0n) is 9.55. The molecule has 2 rings (SSSR count). The number of hydrogen-bond acceptors (Lipinski definition) is 4. The van der Waals surface area contributed by atoms with Gasteiger partial charge in [0.2, 0.25) is 0 Å². The summed E-state index contributed by atoms with van der Waals surface area (Å²) < 4.78 is 23.8. The molecular weight excluding hydrogens is 297 g/mol. The Morgan fingerprint density at radius 1 is 1.28 bits per heavy atom. The van der Waals surface area contributed by atoms with Crippen molar-refractivity contribution in [1.82, 2.24) is 14.8 Å². The van der Waals surface area contributed by atoms with E-state index in [1.807, 2.05) is 13.0 Å². The molecular formula is C10H9Cl2N3O2S. The van der Waals surface area contributed by atoms with E-state index >= 15 is 0 Å². The highest BCUT2D eigenvalue weighted by Crippen LogP contribution is 2.28. The summed E-state index contributed by atoms with van der Waals surface area (Å²) in [4.78, 5) is 0. The molecule has 0 saturated heterocycles. The Bertz CT molecular complexity index is 710. The number of aryl methyl sites for hydroxylation is 1. The van der Waals surface area contributed by atoms with Crippen LogP contribution in [0.3, 0.4) is 0 Å². The molecule has 0 fully saturated rings. The molecule has 0 saturated carbocycles. The maximum atomic E-state index is 11.2. The summed E-state index contributed by atoms with van der Waals surface area (Å²) >= 11 is 6.10. The van der Waals surface area contributed by atoms with Crippen LogP contribution in [0.25, 0.3) is 11.4 Å². The first-order valence-corrected chi connectivity index (χ1v) is 7.60. The molecule has 0 radical (unpaired) electrons. The van der Waals surface area contributed by atoms with E-state index in [0.29, 0.717) is 16.4 Å². The number of hydrogen-bond donors (Lipinski definition) is 0. The molecule has 0 bridgehead atoms. The van der Waals surface area contributed by atoms with Gasteiger partial charge in [0.05, 0.1) is 5.02 Å². The van der Waals surface area contributed by atoms with Crippen molar-refractivity contribution >= 4 is 31.3 Å². The van der Waals surface area contributed by atoms with Gasteiger partial charge in [0, 0.05) is 23.3 Å². The van der Waals surface area contributed by atoms with Crippen molar-refractivity contribution in [1.29, 1.82) is 0 Å². The van der Waals surface area contributed by atoms with Crippen molar-refractivity contribution in [2.24, 2.45) is 7.05 Å². The predicted octanol–water partition coefficient (Wildman–Crippen LogP) is 2.37. The molecule has 0 aliphatic rings. The summed E-state index contributed by atoms with van der Waals surface area (Å²) in [5.41, 5.74) is 1.60. The molecule has 0 aliphatic heterocycles. The predicted molar refractivity (Wildman–Crippen MR) is 69.2 cm³/mol. The van der Waals surface area contributed by atoms with Crippen molar-refractivity contribution in [3.8, 4) is 11.4 Å². The minimum Gasteiger partial charge on any atom is -0.300 e. The van der Waals surface area contributed by atoms with Gasteiger partial charge in [0.15, 0.2) is 5.82 Å². The van der Waals surface area contributed by atoms with Gasteiger partial charge in [-0.15, -0.1) is 10.2 Å². The molecule has 8 heteroatoms. The Balaban J connectivity index is 2.63. The Morgan fingerprint density at radius 3 is 2.44 bits per heavy atom. The van der Waals surface area contributed by atoms with E-state index in [2.05, 4.69) is 10.2 Å². The van der Waals surface area contributed by atoms with Crippen LogP contribution in [0, 0.1) is 6.92 Å². The largest absolute Gasteiger partial charge is 0.300 e. The molecule has 0 atom stereocenters. The smallest absolute Gasteiger partial charge is 0.296 e. The molecule has 5 nitrogen and oxygen atoms in total. The second kappa shape index (κ2) is 4.53. The molecule has 1 heterocycles. The van der Waals surface area contributed by atoms with Crippen LogP contribution in [0.2, 0.25) is 5.02 Å². The lowest BCUT2D eigenvalue weighted by atomic mass is 10.1. The van der Waals surface area contributed by atoms with Crippen LogP contribution >= 0.6 is 22.3 Å². The number of halogens is 2. The van der Waals surface area contributed by atoms with E-state index < -0.39 is 9.05 Å². The summed E-state index contributed by atoms with van der Waals surface area (Å²) in [6, 6.07) is 5.37. The quantitative estimate of drug-likeness (QED) is 0.799. The lowest BCUT2D eigenvalue weighted by molar-refractivity contribution is 0.593. The summed E-state index contributed by atoms with van der Waals surface area (Å²) in [5, 5.41) is 7.54. The zero-order chi connectivity index (χ0) is 13.5. The Hall–Kier alpha value is -1.11. The first-order valence-electron chi connectivity index (χ1n) is 4.91. The highest BCUT2D eigenvalue weighted by molar-refractivity contribution is 8.13. The van der Waals surface area contributed by atoms with Gasteiger partial charge in [-0.25, -0.2) is 8.42 Å². The van der Waals surface area contributed by atoms with E-state index in [1.54, 1.807) is 12.1 Å². The summed E-state index contributed by atoms with van der Waals surface area (Å²) in [6.07, 6.45) is 0. The molecule has 1 aromatic heterocycles. The SMILES string of the molecule is Cc1ccc(-c2nnc(S(=O)(=O)Cl)n2C)c(Cl)c1. The first kappa shape index (κ1) is 13.3. The average molecular weight is 306 g/mol. The van der Waals surface area contributed by atoms with Gasteiger partial charge < -0.3 is 0 Å². The second-order valence-corrected chi connectivity index (χ2v) is 6.65. The Kier molecular flexibility index (Phi) is 3.35. The van der Waals surface area contributed by atoms with Gasteiger partial charge in [-0.05, 0) is 24.6 Å². The van der Waals surface area contributed by atoms with Crippen LogP contribution < -0.4 is 0 Å². The van der Waals surface area contributed by atoms with Gasteiger partial charge >= 0.3 is 0 Å². The van der Waals surface area contributed by atoms with E-state index in [1.165, 1.54) is 11.6 Å². The maximum Gasteiger partial charge on any atom is 0.296 e. The second-order valence-electron chi connectivity index (χ2n) is 3.79. The third-order valence-electron chi connectivity index (χ3n) is 2.42. The minimum absolute atomic E-state index is 0.309. The summed E-state index contributed by atoms with van der Waals surface area (Å²) in [6.45, 7) is 1.90. The summed E-state index contributed by atoms with van der Waals surface area (Å²) in [7, 11) is 2.84. The van der Waals surface area contributed by atoms with Gasteiger partial charge in [0.25, 0.3) is 14.2 Å². The molecule has 0 amide bonds. The van der Waals surface area contributed by atoms with Crippen molar-refractivity contribution in [3.63, 3.8) is 0 Å². The van der Waals surface area contributed by atoms with Gasteiger partial charge in [0.1, 0.15) is 0 Å². The lowest BCUT2D eigenvalue weighted by Crippen LogP contribution is -2.03. The molecule has 96 valence electrons. The van der Waals surface area contributed by atoms with E-state index in [-0.39, 0.29) is 5.16 Å². The van der Waals surface area contributed by atoms with Crippen LogP contribution in [0.15, 0.2) is 23.4 Å². The maximum absolute atomic E-state index is 11.2. The topological polar surface area (TPSA) is 64.8 Å². The number of rotatable bonds is 2. The van der Waals surface area contributed by atoms with Gasteiger partial charge in [-0.1, -0.05) is 17.7 Å². The average Bonchev–Trinajstić information content (AvgIpc) is 2.60. The van der Waals surface area contributed by atoms with E-state index in [4.69, 9.17) is 22.3 Å². The summed E-state index contributed by atoms with van der Waals surface area (Å²) in [5.74, 6) is 0.347. The van der Waals surface area contributed by atoms with Crippen LogP contribution in [-0.4, -0.2) is 23.2 Å². The molecule has 2 aromatic rings. The molecule has 18 heavy (non-hydrogen) atoms. The molecule has 0 N–H and O–H groups in total. The zero-order valence-corrected chi connectivity index (χ0v) is 11.9. The standard InChI is InChI=1S/C10H9Cl2N3O2S/c1-6-3-4-7(8(11)5-6)9-13-14-10(15(9)2)18(12,16)17/h3-5H,1-2H3. The van der Waals surface area contributed by atoms with Gasteiger partial charge in [-0.3, -0.25) is 4.57 Å². The van der Waals surface area contributed by atoms with Crippen molar-refractivity contribution in [2.75, 3.05) is 0 Å². The number of aromatic nitrogens is 3. The highest BCUT2D eigenvalue weighted by Gasteiger charge is 2.21. The van der Waals surface area contributed by atoms with E-state index in [9.17, 15) is 8.42 Å². The Labute approximate surface area is 114 Å². The van der Waals surface area contributed by atoms with Crippen LogP contribution in [0.5, 0.6) is 0 Å². The third kappa shape index (κ3) is 2.36. The lowest BCUT2D eigenvalue weighted by Gasteiger charge is -2.05. The van der Waals surface area contributed by atoms with Crippen LogP contribution in [0.1, 0.15) is 5.56 Å². The fraction of sp³-hybridized carbons (Fsp3) is 0.200. The van der Waals surface area contributed by atoms with Crippen molar-refractivity contribution in [3.05, 3.63) is 28.8 Å². The number of nitrogens with zero attached hydrogens (tertiary/aromatic N) is 3. The molecule has 0 unspecified atom stereocenters. The molecule has 1 aromatic carbocycles. The van der Waals surface area contributed by atoms with Gasteiger partial charge in [-0.2, -0.15) is 0 Å². The molecule has 0 aliphatic carbocycles. The normalized spacial score (nSPS) is 11.8. The fourth-order valence-corrected chi connectivity index (χ4v) is 2.84. The molecule has 0 spiro atoms. The number of benzene rings is 1. The van der Waals surface area contributed by atoms with E-state index in [0.717, 1.165) is 5.56 Å². The Morgan fingerprint density at radius 2 is 1.94 bits per heavy atom. The third-order valence-corrected chi connectivity index (χ3v) is 3.94.